The molecule has 2 unspecified atom stereocenters. The monoisotopic (exact) mass is 169 g/mol. The minimum absolute atomic E-state index is 0.183. The lowest BCUT2D eigenvalue weighted by molar-refractivity contribution is -0.125. The Morgan fingerprint density at radius 3 is 2.42 bits per heavy atom. The fourth-order valence-corrected chi connectivity index (χ4v) is 1.97. The second-order valence-corrected chi connectivity index (χ2v) is 4.35. The third-order valence-corrected chi connectivity index (χ3v) is 2.65. The first-order valence-electron chi connectivity index (χ1n) is 4.76. The third-order valence-electron chi connectivity index (χ3n) is 2.65. The number of Topliss-reactive ketones (excluding diaryl/α,β-unsaturated/α-hetero) is 1. The van der Waals surface area contributed by atoms with Crippen LogP contribution in [0.3, 0.4) is 0 Å². The molecule has 1 rings (SSSR count). The van der Waals surface area contributed by atoms with Gasteiger partial charge in [0.15, 0.2) is 5.78 Å². The molecule has 0 aromatic carbocycles. The quantitative estimate of drug-likeness (QED) is 0.625. The molecule has 0 saturated carbocycles. The molecule has 0 spiro atoms. The Morgan fingerprint density at radius 2 is 2.08 bits per heavy atom. The maximum atomic E-state index is 11.7. The molecule has 0 bridgehead atoms. The molecule has 12 heavy (non-hydrogen) atoms. The topological polar surface area (TPSA) is 20.3 Å². The molecule has 1 fully saturated rings. The Labute approximate surface area is 74.9 Å². The summed E-state index contributed by atoms with van der Waals surface area (Å²) in [6.07, 6.45) is 1.05. The van der Waals surface area contributed by atoms with Crippen molar-refractivity contribution in [3.63, 3.8) is 0 Å². The van der Waals surface area contributed by atoms with E-state index in [0.717, 1.165) is 13.0 Å². The summed E-state index contributed by atoms with van der Waals surface area (Å²) in [6, 6.07) is 0.194. The molecule has 2 heteroatoms. The number of hydrogen-bond donors (Lipinski definition) is 0. The van der Waals surface area contributed by atoms with Crippen molar-refractivity contribution < 1.29 is 4.79 Å². The molecule has 2 atom stereocenters. The summed E-state index contributed by atoms with van der Waals surface area (Å²) in [6.45, 7) is 7.26. The molecule has 0 radical (unpaired) electrons. The molecule has 0 aliphatic carbocycles. The Bertz CT molecular complexity index is 177. The van der Waals surface area contributed by atoms with Crippen LogP contribution in [0.1, 0.15) is 27.2 Å². The smallest absolute Gasteiger partial charge is 0.152 e. The van der Waals surface area contributed by atoms with Crippen LogP contribution in [0.2, 0.25) is 0 Å². The van der Waals surface area contributed by atoms with Crippen LogP contribution in [0, 0.1) is 11.8 Å². The van der Waals surface area contributed by atoms with Crippen LogP contribution in [-0.2, 0) is 4.79 Å². The van der Waals surface area contributed by atoms with Gasteiger partial charge >= 0.3 is 0 Å². The zero-order valence-corrected chi connectivity index (χ0v) is 8.50. The highest BCUT2D eigenvalue weighted by Gasteiger charge is 2.32. The first-order valence-corrected chi connectivity index (χ1v) is 4.76. The zero-order chi connectivity index (χ0) is 9.30. The van der Waals surface area contributed by atoms with E-state index >= 15 is 0 Å². The lowest BCUT2D eigenvalue weighted by Crippen LogP contribution is -2.35. The van der Waals surface area contributed by atoms with Gasteiger partial charge in [-0.05, 0) is 19.4 Å². The third kappa shape index (κ3) is 1.86. The van der Waals surface area contributed by atoms with E-state index in [4.69, 9.17) is 0 Å². The maximum absolute atomic E-state index is 11.7. The van der Waals surface area contributed by atoms with Gasteiger partial charge in [-0.25, -0.2) is 0 Å². The summed E-state index contributed by atoms with van der Waals surface area (Å²) in [5.74, 6) is 1.27. The number of carbonyl (C=O) groups is 1. The Hall–Kier alpha value is -0.370. The molecule has 0 aromatic rings. The predicted molar refractivity (Wildman–Crippen MR) is 50.0 cm³/mol. The second kappa shape index (κ2) is 3.56. The first kappa shape index (κ1) is 9.72. The average molecular weight is 169 g/mol. The Morgan fingerprint density at radius 1 is 1.50 bits per heavy atom. The van der Waals surface area contributed by atoms with Crippen LogP contribution < -0.4 is 0 Å². The van der Waals surface area contributed by atoms with Crippen molar-refractivity contribution >= 4 is 5.78 Å². The maximum Gasteiger partial charge on any atom is 0.152 e. The Balaban J connectivity index is 2.58. The SMILES string of the molecule is CC1CC(C(=O)C(C)C)N(C)C1. The molecular weight excluding hydrogens is 150 g/mol. The molecule has 1 aliphatic heterocycles. The van der Waals surface area contributed by atoms with Crippen LogP contribution in [0.15, 0.2) is 0 Å². The fraction of sp³-hybridized carbons (Fsp3) is 0.900. The highest BCUT2D eigenvalue weighted by Crippen LogP contribution is 2.23. The fourth-order valence-electron chi connectivity index (χ4n) is 1.97. The van der Waals surface area contributed by atoms with Crippen molar-refractivity contribution in [2.45, 2.75) is 33.2 Å². The van der Waals surface area contributed by atoms with E-state index in [1.54, 1.807) is 0 Å². The normalized spacial score (nSPS) is 31.4. The molecule has 0 N–H and O–H groups in total. The molecule has 2 nitrogen and oxygen atoms in total. The van der Waals surface area contributed by atoms with E-state index < -0.39 is 0 Å². The predicted octanol–water partition coefficient (Wildman–Crippen LogP) is 1.55. The van der Waals surface area contributed by atoms with Crippen molar-refractivity contribution in [3.8, 4) is 0 Å². The van der Waals surface area contributed by atoms with Gasteiger partial charge in [0.05, 0.1) is 6.04 Å². The van der Waals surface area contributed by atoms with E-state index in [1.807, 2.05) is 13.8 Å². The average Bonchev–Trinajstić information content (AvgIpc) is 2.28. The number of carbonyl (C=O) groups excluding carboxylic acids is 1. The molecule has 70 valence electrons. The Kier molecular flexibility index (Phi) is 2.89. The lowest BCUT2D eigenvalue weighted by Gasteiger charge is -2.19. The van der Waals surface area contributed by atoms with Gasteiger partial charge in [-0.15, -0.1) is 0 Å². The highest BCUT2D eigenvalue weighted by molar-refractivity contribution is 5.85. The van der Waals surface area contributed by atoms with Crippen molar-refractivity contribution in [3.05, 3.63) is 0 Å². The summed E-state index contributed by atoms with van der Waals surface area (Å²) in [5.41, 5.74) is 0. The first-order chi connectivity index (χ1) is 5.52. The number of hydrogen-bond acceptors (Lipinski definition) is 2. The highest BCUT2D eigenvalue weighted by atomic mass is 16.1. The van der Waals surface area contributed by atoms with Crippen LogP contribution in [0.25, 0.3) is 0 Å². The lowest BCUT2D eigenvalue weighted by atomic mass is 9.98. The summed E-state index contributed by atoms with van der Waals surface area (Å²) in [7, 11) is 2.05. The minimum atomic E-state index is 0.183. The van der Waals surface area contributed by atoms with Crippen molar-refractivity contribution in [2.24, 2.45) is 11.8 Å². The number of likely N-dealkylation sites (tertiary alicyclic amines) is 1. The second-order valence-electron chi connectivity index (χ2n) is 4.35. The van der Waals surface area contributed by atoms with Crippen LogP contribution in [0.5, 0.6) is 0 Å². The number of likely N-dealkylation sites (N-methyl/N-ethyl adjacent to an activating group) is 1. The zero-order valence-electron chi connectivity index (χ0n) is 8.50. The molecule has 0 aromatic heterocycles. The van der Waals surface area contributed by atoms with E-state index in [0.29, 0.717) is 11.7 Å². The standard InChI is InChI=1S/C10H19NO/c1-7(2)10(12)9-5-8(3)6-11(9)4/h7-9H,5-6H2,1-4H3. The summed E-state index contributed by atoms with van der Waals surface area (Å²) in [4.78, 5) is 13.8. The van der Waals surface area contributed by atoms with E-state index in [1.165, 1.54) is 0 Å². The van der Waals surface area contributed by atoms with Crippen LogP contribution in [0.4, 0.5) is 0 Å². The van der Waals surface area contributed by atoms with Crippen LogP contribution >= 0.6 is 0 Å². The van der Waals surface area contributed by atoms with Gasteiger partial charge in [0.1, 0.15) is 0 Å². The molecular formula is C10H19NO. The molecule has 1 heterocycles. The van der Waals surface area contributed by atoms with Crippen molar-refractivity contribution in [1.82, 2.24) is 4.90 Å². The van der Waals surface area contributed by atoms with Crippen LogP contribution in [-0.4, -0.2) is 30.3 Å². The van der Waals surface area contributed by atoms with Crippen molar-refractivity contribution in [2.75, 3.05) is 13.6 Å². The van der Waals surface area contributed by atoms with Gasteiger partial charge in [0, 0.05) is 12.5 Å². The van der Waals surface area contributed by atoms with Gasteiger partial charge in [-0.2, -0.15) is 0 Å². The van der Waals surface area contributed by atoms with Gasteiger partial charge < -0.3 is 0 Å². The van der Waals surface area contributed by atoms with E-state index in [-0.39, 0.29) is 12.0 Å². The van der Waals surface area contributed by atoms with E-state index in [9.17, 15) is 4.79 Å². The molecule has 1 aliphatic rings. The number of rotatable bonds is 2. The molecule has 0 amide bonds. The summed E-state index contributed by atoms with van der Waals surface area (Å²) in [5, 5.41) is 0. The minimum Gasteiger partial charge on any atom is -0.298 e. The van der Waals surface area contributed by atoms with Gasteiger partial charge in [0.25, 0.3) is 0 Å². The summed E-state index contributed by atoms with van der Waals surface area (Å²) < 4.78 is 0. The number of nitrogens with zero attached hydrogens (tertiary/aromatic N) is 1. The van der Waals surface area contributed by atoms with Gasteiger partial charge in [0.2, 0.25) is 0 Å². The molecule has 1 saturated heterocycles. The van der Waals surface area contributed by atoms with Gasteiger partial charge in [-0.1, -0.05) is 20.8 Å². The van der Waals surface area contributed by atoms with Gasteiger partial charge in [-0.3, -0.25) is 9.69 Å². The van der Waals surface area contributed by atoms with Crippen molar-refractivity contribution in [1.29, 1.82) is 0 Å². The summed E-state index contributed by atoms with van der Waals surface area (Å²) >= 11 is 0. The van der Waals surface area contributed by atoms with E-state index in [2.05, 4.69) is 18.9 Å². The largest absolute Gasteiger partial charge is 0.298 e. The number of ketones is 1.